The van der Waals surface area contributed by atoms with Gasteiger partial charge in [-0.15, -0.1) is 0 Å². The maximum absolute atomic E-state index is 4.27. The zero-order chi connectivity index (χ0) is 13.2. The third-order valence-corrected chi connectivity index (χ3v) is 3.97. The summed E-state index contributed by atoms with van der Waals surface area (Å²) in [6.07, 6.45) is 9.53. The fourth-order valence-corrected chi connectivity index (χ4v) is 2.97. The third-order valence-electron chi connectivity index (χ3n) is 3.97. The third kappa shape index (κ3) is 3.84. The van der Waals surface area contributed by atoms with Crippen molar-refractivity contribution in [2.75, 3.05) is 6.54 Å². The fraction of sp³-hybridized carbons (Fsp3) is 0.800. The highest BCUT2D eigenvalue weighted by molar-refractivity contribution is 5.06. The molecule has 18 heavy (non-hydrogen) atoms. The molecule has 1 fully saturated rings. The van der Waals surface area contributed by atoms with E-state index in [1.165, 1.54) is 31.2 Å². The predicted molar refractivity (Wildman–Crippen MR) is 75.5 cm³/mol. The van der Waals surface area contributed by atoms with Crippen LogP contribution in [0.1, 0.15) is 45.6 Å². The second-order valence-electron chi connectivity index (χ2n) is 6.81. The van der Waals surface area contributed by atoms with Crippen LogP contribution in [0.3, 0.4) is 0 Å². The first-order valence-electron chi connectivity index (χ1n) is 7.16. The summed E-state index contributed by atoms with van der Waals surface area (Å²) in [7, 11) is 2.00. The summed E-state index contributed by atoms with van der Waals surface area (Å²) in [6, 6.07) is 0. The maximum atomic E-state index is 4.27. The normalized spacial score (nSPS) is 24.7. The SMILES string of the molecule is Cn1cc(CC2CCCC2CNC(C)(C)C)cn1. The Labute approximate surface area is 111 Å². The molecule has 2 atom stereocenters. The van der Waals surface area contributed by atoms with Crippen LogP contribution in [0.15, 0.2) is 12.4 Å². The van der Waals surface area contributed by atoms with E-state index >= 15 is 0 Å². The van der Waals surface area contributed by atoms with Gasteiger partial charge < -0.3 is 5.32 Å². The molecule has 0 aliphatic heterocycles. The Morgan fingerprint density at radius 3 is 2.67 bits per heavy atom. The van der Waals surface area contributed by atoms with Crippen molar-refractivity contribution in [1.29, 1.82) is 0 Å². The lowest BCUT2D eigenvalue weighted by atomic mass is 9.90. The van der Waals surface area contributed by atoms with Crippen LogP contribution in [-0.2, 0) is 13.5 Å². The minimum atomic E-state index is 0.238. The summed E-state index contributed by atoms with van der Waals surface area (Å²) >= 11 is 0. The minimum Gasteiger partial charge on any atom is -0.312 e. The van der Waals surface area contributed by atoms with Gasteiger partial charge in [-0.1, -0.05) is 6.42 Å². The second kappa shape index (κ2) is 5.43. The van der Waals surface area contributed by atoms with Crippen molar-refractivity contribution < 1.29 is 0 Å². The summed E-state index contributed by atoms with van der Waals surface area (Å²) < 4.78 is 1.91. The molecule has 3 heteroatoms. The topological polar surface area (TPSA) is 29.9 Å². The molecule has 1 aromatic rings. The van der Waals surface area contributed by atoms with E-state index in [1.54, 1.807) is 0 Å². The van der Waals surface area contributed by atoms with Gasteiger partial charge in [-0.05, 0) is 64.0 Å². The van der Waals surface area contributed by atoms with E-state index in [1.807, 2.05) is 17.9 Å². The Morgan fingerprint density at radius 1 is 1.33 bits per heavy atom. The molecular formula is C15H27N3. The van der Waals surface area contributed by atoms with Crippen LogP contribution in [0.25, 0.3) is 0 Å². The standard InChI is InChI=1S/C15H27N3/c1-15(2,3)16-10-14-7-5-6-13(14)8-12-9-17-18(4)11-12/h9,11,13-14,16H,5-8,10H2,1-4H3. The molecule has 1 aliphatic carbocycles. The van der Waals surface area contributed by atoms with Crippen molar-refractivity contribution in [2.45, 2.75) is 52.0 Å². The lowest BCUT2D eigenvalue weighted by molar-refractivity contribution is 0.317. The van der Waals surface area contributed by atoms with E-state index in [9.17, 15) is 0 Å². The Bertz CT molecular complexity index is 375. The van der Waals surface area contributed by atoms with Gasteiger partial charge in [0.25, 0.3) is 0 Å². The molecular weight excluding hydrogens is 222 g/mol. The molecule has 2 unspecified atom stereocenters. The van der Waals surface area contributed by atoms with Gasteiger partial charge in [0.2, 0.25) is 0 Å². The number of rotatable bonds is 4. The lowest BCUT2D eigenvalue weighted by Crippen LogP contribution is -2.40. The zero-order valence-corrected chi connectivity index (χ0v) is 12.2. The van der Waals surface area contributed by atoms with Crippen LogP contribution in [0.4, 0.5) is 0 Å². The molecule has 1 N–H and O–H groups in total. The summed E-state index contributed by atoms with van der Waals surface area (Å²) in [5.41, 5.74) is 1.63. The first-order valence-corrected chi connectivity index (χ1v) is 7.16. The van der Waals surface area contributed by atoms with E-state index in [-0.39, 0.29) is 5.54 Å². The van der Waals surface area contributed by atoms with E-state index in [0.29, 0.717) is 0 Å². The highest BCUT2D eigenvalue weighted by Crippen LogP contribution is 2.34. The van der Waals surface area contributed by atoms with E-state index < -0.39 is 0 Å². The summed E-state index contributed by atoms with van der Waals surface area (Å²) in [5, 5.41) is 7.93. The quantitative estimate of drug-likeness (QED) is 0.889. The van der Waals surface area contributed by atoms with Crippen molar-refractivity contribution in [3.05, 3.63) is 18.0 Å². The predicted octanol–water partition coefficient (Wildman–Crippen LogP) is 2.77. The minimum absolute atomic E-state index is 0.238. The molecule has 0 spiro atoms. The number of hydrogen-bond donors (Lipinski definition) is 1. The molecule has 0 radical (unpaired) electrons. The Balaban J connectivity index is 1.87. The van der Waals surface area contributed by atoms with Crippen LogP contribution in [-0.4, -0.2) is 21.9 Å². The average Bonchev–Trinajstić information content (AvgIpc) is 2.85. The molecule has 1 aliphatic rings. The Kier molecular flexibility index (Phi) is 4.10. The van der Waals surface area contributed by atoms with Crippen molar-refractivity contribution in [2.24, 2.45) is 18.9 Å². The van der Waals surface area contributed by atoms with Crippen molar-refractivity contribution in [1.82, 2.24) is 15.1 Å². The fourth-order valence-electron chi connectivity index (χ4n) is 2.97. The van der Waals surface area contributed by atoms with Gasteiger partial charge in [-0.3, -0.25) is 4.68 Å². The average molecular weight is 249 g/mol. The Hall–Kier alpha value is -0.830. The van der Waals surface area contributed by atoms with Crippen molar-refractivity contribution in [3.8, 4) is 0 Å². The molecule has 2 rings (SSSR count). The van der Waals surface area contributed by atoms with Crippen molar-refractivity contribution in [3.63, 3.8) is 0 Å². The molecule has 0 bridgehead atoms. The van der Waals surface area contributed by atoms with Gasteiger partial charge in [-0.25, -0.2) is 0 Å². The first-order chi connectivity index (χ1) is 8.44. The van der Waals surface area contributed by atoms with Gasteiger partial charge in [0.15, 0.2) is 0 Å². The largest absolute Gasteiger partial charge is 0.312 e. The van der Waals surface area contributed by atoms with Crippen LogP contribution < -0.4 is 5.32 Å². The van der Waals surface area contributed by atoms with Gasteiger partial charge in [0.1, 0.15) is 0 Å². The van der Waals surface area contributed by atoms with Gasteiger partial charge in [0, 0.05) is 18.8 Å². The molecule has 0 amide bonds. The van der Waals surface area contributed by atoms with E-state index in [4.69, 9.17) is 0 Å². The molecule has 0 aromatic carbocycles. The maximum Gasteiger partial charge on any atom is 0.0521 e. The molecule has 1 aromatic heterocycles. The van der Waals surface area contributed by atoms with Gasteiger partial charge in [-0.2, -0.15) is 5.10 Å². The highest BCUT2D eigenvalue weighted by Gasteiger charge is 2.28. The zero-order valence-electron chi connectivity index (χ0n) is 12.2. The molecule has 3 nitrogen and oxygen atoms in total. The number of hydrogen-bond acceptors (Lipinski definition) is 2. The smallest absolute Gasteiger partial charge is 0.0521 e. The van der Waals surface area contributed by atoms with Gasteiger partial charge in [0.05, 0.1) is 6.20 Å². The number of nitrogens with zero attached hydrogens (tertiary/aromatic N) is 2. The number of nitrogens with one attached hydrogen (secondary N) is 1. The molecule has 0 saturated heterocycles. The number of aryl methyl sites for hydroxylation is 1. The molecule has 1 saturated carbocycles. The van der Waals surface area contributed by atoms with E-state index in [0.717, 1.165) is 18.4 Å². The summed E-state index contributed by atoms with van der Waals surface area (Å²) in [6.45, 7) is 7.91. The monoisotopic (exact) mass is 249 g/mol. The van der Waals surface area contributed by atoms with Crippen LogP contribution >= 0.6 is 0 Å². The van der Waals surface area contributed by atoms with Crippen molar-refractivity contribution >= 4 is 0 Å². The summed E-state index contributed by atoms with van der Waals surface area (Å²) in [4.78, 5) is 0. The van der Waals surface area contributed by atoms with Crippen LogP contribution in [0.5, 0.6) is 0 Å². The first kappa shape index (κ1) is 13.6. The summed E-state index contributed by atoms with van der Waals surface area (Å²) in [5.74, 6) is 1.67. The van der Waals surface area contributed by atoms with Crippen LogP contribution in [0.2, 0.25) is 0 Å². The highest BCUT2D eigenvalue weighted by atomic mass is 15.2. The van der Waals surface area contributed by atoms with Gasteiger partial charge >= 0.3 is 0 Å². The second-order valence-corrected chi connectivity index (χ2v) is 6.81. The molecule has 1 heterocycles. The lowest BCUT2D eigenvalue weighted by Gasteiger charge is -2.26. The number of aromatic nitrogens is 2. The van der Waals surface area contributed by atoms with Crippen LogP contribution in [0, 0.1) is 11.8 Å². The molecule has 102 valence electrons. The Morgan fingerprint density at radius 2 is 2.06 bits per heavy atom. The van der Waals surface area contributed by atoms with E-state index in [2.05, 4.69) is 37.4 Å².